The van der Waals surface area contributed by atoms with Crippen molar-refractivity contribution in [2.24, 2.45) is 5.10 Å². The van der Waals surface area contributed by atoms with Gasteiger partial charge in [0.25, 0.3) is 5.91 Å². The van der Waals surface area contributed by atoms with Crippen molar-refractivity contribution < 1.29 is 14.3 Å². The van der Waals surface area contributed by atoms with Crippen molar-refractivity contribution in [2.75, 3.05) is 7.11 Å². The molecule has 0 bridgehead atoms. The fraction of sp³-hybridized carbons (Fsp3) is 0.227. The van der Waals surface area contributed by atoms with Gasteiger partial charge in [0.15, 0.2) is 11.5 Å². The molecule has 32 heavy (non-hydrogen) atoms. The maximum Gasteiger partial charge on any atom is 0.261 e. The van der Waals surface area contributed by atoms with Crippen molar-refractivity contribution in [1.29, 1.82) is 0 Å². The van der Waals surface area contributed by atoms with Crippen LogP contribution in [0.15, 0.2) is 46.0 Å². The Morgan fingerprint density at radius 3 is 2.66 bits per heavy atom. The van der Waals surface area contributed by atoms with E-state index < -0.39 is 0 Å². The standard InChI is InChI=1S/C22H21BrCl2N4O3/c1-13-22(23)14(2)29(28-13)11-21(30)27-26-10-15-4-7-19(20(8-15)31-3)32-12-16-5-6-17(24)9-18(16)25/h4-10H,11-12H2,1-3H3,(H,27,30)/b26-10+. The Morgan fingerprint density at radius 1 is 1.22 bits per heavy atom. The third kappa shape index (κ3) is 6.03. The number of benzene rings is 2. The molecule has 1 N–H and O–H groups in total. The number of halogens is 3. The number of carbonyl (C=O) groups excluding carboxylic acids is 1. The minimum atomic E-state index is -0.286. The monoisotopic (exact) mass is 538 g/mol. The Morgan fingerprint density at radius 2 is 2.00 bits per heavy atom. The van der Waals surface area contributed by atoms with Gasteiger partial charge < -0.3 is 9.47 Å². The van der Waals surface area contributed by atoms with Crippen LogP contribution in [0.25, 0.3) is 0 Å². The van der Waals surface area contributed by atoms with Gasteiger partial charge in [0.05, 0.1) is 29.2 Å². The number of aromatic nitrogens is 2. The van der Waals surface area contributed by atoms with Gasteiger partial charge in [0, 0.05) is 15.6 Å². The summed E-state index contributed by atoms with van der Waals surface area (Å²) in [6.07, 6.45) is 1.53. The molecule has 0 aliphatic carbocycles. The Bertz CT molecular complexity index is 1160. The molecule has 3 rings (SSSR count). The van der Waals surface area contributed by atoms with E-state index in [1.807, 2.05) is 19.9 Å². The summed E-state index contributed by atoms with van der Waals surface area (Å²) in [4.78, 5) is 12.2. The molecule has 0 radical (unpaired) electrons. The van der Waals surface area contributed by atoms with Crippen LogP contribution < -0.4 is 14.9 Å². The molecule has 10 heteroatoms. The highest BCUT2D eigenvalue weighted by Crippen LogP contribution is 2.30. The van der Waals surface area contributed by atoms with Crippen molar-refractivity contribution in [3.05, 3.63) is 73.4 Å². The van der Waals surface area contributed by atoms with Crippen molar-refractivity contribution in [3.63, 3.8) is 0 Å². The number of aryl methyl sites for hydroxylation is 1. The van der Waals surface area contributed by atoms with E-state index in [2.05, 4.69) is 31.6 Å². The van der Waals surface area contributed by atoms with Gasteiger partial charge in [-0.15, -0.1) is 0 Å². The molecule has 1 amide bonds. The largest absolute Gasteiger partial charge is 0.493 e. The number of methoxy groups -OCH3 is 1. The van der Waals surface area contributed by atoms with Crippen LogP contribution in [-0.2, 0) is 17.9 Å². The molecule has 1 aromatic heterocycles. The molecule has 0 aliphatic heterocycles. The second kappa shape index (κ2) is 10.8. The third-order valence-corrected chi connectivity index (χ3v) is 6.31. The zero-order valence-electron chi connectivity index (χ0n) is 17.7. The number of hydrogen-bond donors (Lipinski definition) is 1. The van der Waals surface area contributed by atoms with Gasteiger partial charge in [-0.25, -0.2) is 5.43 Å². The van der Waals surface area contributed by atoms with Crippen LogP contribution in [0.1, 0.15) is 22.5 Å². The molecule has 0 saturated heterocycles. The molecule has 7 nitrogen and oxygen atoms in total. The van der Waals surface area contributed by atoms with E-state index in [-0.39, 0.29) is 19.1 Å². The maximum absolute atomic E-state index is 12.2. The van der Waals surface area contributed by atoms with Crippen molar-refractivity contribution >= 4 is 51.3 Å². The second-order valence-corrected chi connectivity index (χ2v) is 8.51. The van der Waals surface area contributed by atoms with Crippen LogP contribution >= 0.6 is 39.1 Å². The summed E-state index contributed by atoms with van der Waals surface area (Å²) in [6, 6.07) is 10.6. The lowest BCUT2D eigenvalue weighted by Crippen LogP contribution is -2.24. The molecule has 3 aromatic rings. The lowest BCUT2D eigenvalue weighted by atomic mass is 10.2. The first-order chi connectivity index (χ1) is 15.3. The minimum absolute atomic E-state index is 0.0684. The second-order valence-electron chi connectivity index (χ2n) is 6.87. The summed E-state index contributed by atoms with van der Waals surface area (Å²) in [5.41, 5.74) is 5.74. The first kappa shape index (κ1) is 24.1. The van der Waals surface area contributed by atoms with Crippen LogP contribution in [0.5, 0.6) is 11.5 Å². The van der Waals surface area contributed by atoms with Crippen LogP contribution in [0.4, 0.5) is 0 Å². The predicted molar refractivity (Wildman–Crippen MR) is 129 cm³/mol. The average Bonchev–Trinajstić information content (AvgIpc) is 3.00. The maximum atomic E-state index is 12.2. The summed E-state index contributed by atoms with van der Waals surface area (Å²) < 4.78 is 13.8. The summed E-state index contributed by atoms with van der Waals surface area (Å²) in [7, 11) is 1.55. The van der Waals surface area contributed by atoms with Crippen molar-refractivity contribution in [3.8, 4) is 11.5 Å². The van der Waals surface area contributed by atoms with Crippen LogP contribution in [0.3, 0.4) is 0 Å². The molecule has 0 aliphatic rings. The molecule has 0 atom stereocenters. The Kier molecular flexibility index (Phi) is 8.17. The first-order valence-electron chi connectivity index (χ1n) is 9.54. The van der Waals surface area contributed by atoms with E-state index in [1.54, 1.807) is 42.1 Å². The molecular weight excluding hydrogens is 519 g/mol. The van der Waals surface area contributed by atoms with Gasteiger partial charge in [-0.3, -0.25) is 9.48 Å². The number of carbonyl (C=O) groups is 1. The lowest BCUT2D eigenvalue weighted by Gasteiger charge is -2.12. The smallest absolute Gasteiger partial charge is 0.261 e. The summed E-state index contributed by atoms with van der Waals surface area (Å²) in [5.74, 6) is 0.791. The average molecular weight is 540 g/mol. The number of nitrogens with one attached hydrogen (secondary N) is 1. The summed E-state index contributed by atoms with van der Waals surface area (Å²) in [6.45, 7) is 4.09. The van der Waals surface area contributed by atoms with Gasteiger partial charge in [-0.1, -0.05) is 29.3 Å². The normalized spacial score (nSPS) is 11.1. The lowest BCUT2D eigenvalue weighted by molar-refractivity contribution is -0.121. The van der Waals surface area contributed by atoms with Crippen molar-refractivity contribution in [2.45, 2.75) is 27.0 Å². The third-order valence-electron chi connectivity index (χ3n) is 4.58. The minimum Gasteiger partial charge on any atom is -0.493 e. The van der Waals surface area contributed by atoms with Crippen LogP contribution in [0.2, 0.25) is 10.0 Å². The number of rotatable bonds is 8. The molecule has 0 spiro atoms. The van der Waals surface area contributed by atoms with E-state index in [0.717, 1.165) is 27.0 Å². The summed E-state index contributed by atoms with van der Waals surface area (Å²) in [5, 5.41) is 9.42. The highest BCUT2D eigenvalue weighted by Gasteiger charge is 2.11. The van der Waals surface area contributed by atoms with E-state index in [4.69, 9.17) is 32.7 Å². The molecule has 2 aromatic carbocycles. The Balaban J connectivity index is 1.60. The van der Waals surface area contributed by atoms with E-state index in [1.165, 1.54) is 6.21 Å². The van der Waals surface area contributed by atoms with E-state index in [0.29, 0.717) is 21.5 Å². The number of ether oxygens (including phenoxy) is 2. The highest BCUT2D eigenvalue weighted by molar-refractivity contribution is 9.10. The zero-order valence-corrected chi connectivity index (χ0v) is 20.8. The topological polar surface area (TPSA) is 77.7 Å². The van der Waals surface area contributed by atoms with Crippen LogP contribution in [-0.4, -0.2) is 29.0 Å². The predicted octanol–water partition coefficient (Wildman–Crippen LogP) is 5.31. The molecular formula is C22H21BrCl2N4O3. The fourth-order valence-corrected chi connectivity index (χ4v) is 3.60. The number of hydrogen-bond acceptors (Lipinski definition) is 5. The quantitative estimate of drug-likeness (QED) is 0.311. The number of nitrogens with zero attached hydrogens (tertiary/aromatic N) is 3. The molecule has 168 valence electrons. The Labute approximate surface area is 204 Å². The SMILES string of the molecule is COc1cc(/C=N/NC(=O)Cn2nc(C)c(Br)c2C)ccc1OCc1ccc(Cl)cc1Cl. The summed E-state index contributed by atoms with van der Waals surface area (Å²) >= 11 is 15.6. The molecule has 1 heterocycles. The molecule has 0 saturated carbocycles. The fourth-order valence-electron chi connectivity index (χ4n) is 2.86. The number of amides is 1. The van der Waals surface area contributed by atoms with Gasteiger partial charge in [-0.05, 0) is 65.7 Å². The number of hydrazone groups is 1. The van der Waals surface area contributed by atoms with Gasteiger partial charge >= 0.3 is 0 Å². The zero-order chi connectivity index (χ0) is 23.3. The van der Waals surface area contributed by atoms with E-state index >= 15 is 0 Å². The van der Waals surface area contributed by atoms with E-state index in [9.17, 15) is 4.79 Å². The Hall–Kier alpha value is -2.55. The molecule has 0 unspecified atom stereocenters. The van der Waals surface area contributed by atoms with Crippen molar-refractivity contribution in [1.82, 2.24) is 15.2 Å². The highest BCUT2D eigenvalue weighted by atomic mass is 79.9. The molecule has 0 fully saturated rings. The van der Waals surface area contributed by atoms with Gasteiger partial charge in [0.1, 0.15) is 13.2 Å². The first-order valence-corrected chi connectivity index (χ1v) is 11.1. The van der Waals surface area contributed by atoms with Gasteiger partial charge in [0.2, 0.25) is 0 Å². The van der Waals surface area contributed by atoms with Crippen LogP contribution in [0, 0.1) is 13.8 Å². The van der Waals surface area contributed by atoms with Gasteiger partial charge in [-0.2, -0.15) is 10.2 Å².